The van der Waals surface area contributed by atoms with E-state index in [4.69, 9.17) is 0 Å². The van der Waals surface area contributed by atoms with Crippen molar-refractivity contribution in [2.45, 2.75) is 20.3 Å². The van der Waals surface area contributed by atoms with Gasteiger partial charge in [0.25, 0.3) is 0 Å². The zero-order chi connectivity index (χ0) is 8.97. The van der Waals surface area contributed by atoms with Gasteiger partial charge >= 0.3 is 0 Å². The van der Waals surface area contributed by atoms with Crippen molar-refractivity contribution in [3.63, 3.8) is 0 Å². The third-order valence-corrected chi connectivity index (χ3v) is 2.83. The van der Waals surface area contributed by atoms with Crippen LogP contribution in [0.2, 0.25) is 0 Å². The van der Waals surface area contributed by atoms with Crippen LogP contribution in [-0.4, -0.2) is 7.05 Å². The number of aryl methyl sites for hydroxylation is 1. The van der Waals surface area contributed by atoms with Gasteiger partial charge in [-0.1, -0.05) is 6.92 Å². The molecule has 2 heteroatoms. The second-order valence-corrected chi connectivity index (χ2v) is 4.01. The Hall–Kier alpha value is -0.760. The zero-order valence-electron chi connectivity index (χ0n) is 7.85. The Balaban J connectivity index is 2.87. The Bertz CT molecular complexity index is 273. The van der Waals surface area contributed by atoms with E-state index in [1.54, 1.807) is 0 Å². The minimum atomic E-state index is 1.08. The molecule has 0 unspecified atom stereocenters. The number of hydrogen-bond acceptors (Lipinski definition) is 2. The van der Waals surface area contributed by atoms with Gasteiger partial charge in [-0.05, 0) is 31.1 Å². The van der Waals surface area contributed by atoms with Crippen molar-refractivity contribution in [3.8, 4) is 0 Å². The summed E-state index contributed by atoms with van der Waals surface area (Å²) >= 11 is 1.85. The number of nitrogens with one attached hydrogen (secondary N) is 1. The SMILES string of the molecule is CC/C(=C\NC)c1ccc(C)s1. The van der Waals surface area contributed by atoms with Crippen LogP contribution in [0.4, 0.5) is 0 Å². The molecular weight excluding hydrogens is 166 g/mol. The van der Waals surface area contributed by atoms with E-state index in [-0.39, 0.29) is 0 Å². The molecule has 0 aliphatic carbocycles. The zero-order valence-corrected chi connectivity index (χ0v) is 8.66. The highest BCUT2D eigenvalue weighted by Crippen LogP contribution is 2.25. The monoisotopic (exact) mass is 181 g/mol. The summed E-state index contributed by atoms with van der Waals surface area (Å²) in [4.78, 5) is 2.75. The van der Waals surface area contributed by atoms with Crippen molar-refractivity contribution in [1.29, 1.82) is 0 Å². The molecule has 0 saturated heterocycles. The summed E-state index contributed by atoms with van der Waals surface area (Å²) < 4.78 is 0. The Labute approximate surface area is 78.1 Å². The highest BCUT2D eigenvalue weighted by atomic mass is 32.1. The number of hydrogen-bond donors (Lipinski definition) is 1. The highest BCUT2D eigenvalue weighted by molar-refractivity contribution is 7.13. The normalized spacial score (nSPS) is 11.8. The van der Waals surface area contributed by atoms with Gasteiger partial charge in [0, 0.05) is 23.0 Å². The van der Waals surface area contributed by atoms with Gasteiger partial charge in [0.1, 0.15) is 0 Å². The molecule has 0 amide bonds. The quantitative estimate of drug-likeness (QED) is 0.755. The summed E-state index contributed by atoms with van der Waals surface area (Å²) in [5.74, 6) is 0. The van der Waals surface area contributed by atoms with Gasteiger partial charge < -0.3 is 5.32 Å². The second-order valence-electron chi connectivity index (χ2n) is 2.72. The van der Waals surface area contributed by atoms with Crippen molar-refractivity contribution in [2.75, 3.05) is 7.05 Å². The molecule has 1 nitrogen and oxygen atoms in total. The van der Waals surface area contributed by atoms with E-state index in [0.29, 0.717) is 0 Å². The summed E-state index contributed by atoms with van der Waals surface area (Å²) in [6.45, 7) is 4.32. The second kappa shape index (κ2) is 4.31. The van der Waals surface area contributed by atoms with Crippen LogP contribution >= 0.6 is 11.3 Å². The molecule has 1 aromatic heterocycles. The first-order chi connectivity index (χ1) is 5.77. The molecule has 1 N–H and O–H groups in total. The van der Waals surface area contributed by atoms with E-state index >= 15 is 0 Å². The standard InChI is InChI=1S/C10H15NS/c1-4-9(7-11-3)10-6-5-8(2)12-10/h5-7,11H,4H2,1-3H3/b9-7+. The van der Waals surface area contributed by atoms with Gasteiger partial charge in [-0.2, -0.15) is 0 Å². The van der Waals surface area contributed by atoms with Crippen molar-refractivity contribution in [1.82, 2.24) is 5.32 Å². The average molecular weight is 181 g/mol. The lowest BCUT2D eigenvalue weighted by Crippen LogP contribution is -1.94. The number of thiophene rings is 1. The minimum absolute atomic E-state index is 1.08. The fourth-order valence-electron chi connectivity index (χ4n) is 1.13. The fourth-order valence-corrected chi connectivity index (χ4v) is 2.08. The molecule has 12 heavy (non-hydrogen) atoms. The summed E-state index contributed by atoms with van der Waals surface area (Å²) in [7, 11) is 1.94. The van der Waals surface area contributed by atoms with Gasteiger partial charge in [0.05, 0.1) is 0 Å². The van der Waals surface area contributed by atoms with Crippen LogP contribution in [0.1, 0.15) is 23.1 Å². The molecule has 1 rings (SSSR count). The van der Waals surface area contributed by atoms with E-state index in [9.17, 15) is 0 Å². The first-order valence-electron chi connectivity index (χ1n) is 4.21. The van der Waals surface area contributed by atoms with Crippen molar-refractivity contribution < 1.29 is 0 Å². The third-order valence-electron chi connectivity index (χ3n) is 1.76. The molecule has 0 saturated carbocycles. The Morgan fingerprint density at radius 3 is 2.75 bits per heavy atom. The number of allylic oxidation sites excluding steroid dienone is 1. The van der Waals surface area contributed by atoms with Gasteiger partial charge in [0.2, 0.25) is 0 Å². The first kappa shape index (κ1) is 9.33. The third kappa shape index (κ3) is 2.11. The van der Waals surface area contributed by atoms with Crippen molar-refractivity contribution in [2.24, 2.45) is 0 Å². The number of rotatable bonds is 3. The molecule has 0 radical (unpaired) electrons. The molecule has 1 heterocycles. The first-order valence-corrected chi connectivity index (χ1v) is 5.02. The molecule has 0 fully saturated rings. The summed E-state index contributed by atoms with van der Waals surface area (Å²) in [5.41, 5.74) is 1.38. The van der Waals surface area contributed by atoms with E-state index in [1.165, 1.54) is 15.3 Å². The Kier molecular flexibility index (Phi) is 3.35. The average Bonchev–Trinajstić information content (AvgIpc) is 2.47. The van der Waals surface area contributed by atoms with Gasteiger partial charge in [-0.25, -0.2) is 0 Å². The van der Waals surface area contributed by atoms with Crippen LogP contribution < -0.4 is 5.32 Å². The molecule has 0 spiro atoms. The van der Waals surface area contributed by atoms with E-state index in [1.807, 2.05) is 18.4 Å². The van der Waals surface area contributed by atoms with E-state index in [2.05, 4.69) is 37.5 Å². The van der Waals surface area contributed by atoms with E-state index < -0.39 is 0 Å². The van der Waals surface area contributed by atoms with Crippen molar-refractivity contribution >= 4 is 16.9 Å². The molecular formula is C10H15NS. The van der Waals surface area contributed by atoms with Crippen LogP contribution in [0.3, 0.4) is 0 Å². The van der Waals surface area contributed by atoms with Crippen LogP contribution in [0.25, 0.3) is 5.57 Å². The maximum Gasteiger partial charge on any atom is 0.0319 e. The summed E-state index contributed by atoms with van der Waals surface area (Å²) in [5, 5.41) is 3.07. The molecule has 0 bridgehead atoms. The van der Waals surface area contributed by atoms with Crippen molar-refractivity contribution in [3.05, 3.63) is 28.1 Å². The summed E-state index contributed by atoms with van der Waals surface area (Å²) in [6, 6.07) is 4.35. The molecule has 0 atom stereocenters. The van der Waals surface area contributed by atoms with Crippen LogP contribution in [0.15, 0.2) is 18.3 Å². The predicted molar refractivity (Wildman–Crippen MR) is 56.4 cm³/mol. The smallest absolute Gasteiger partial charge is 0.0319 e. The molecule has 66 valence electrons. The fraction of sp³-hybridized carbons (Fsp3) is 0.400. The van der Waals surface area contributed by atoms with Crippen LogP contribution in [0.5, 0.6) is 0 Å². The predicted octanol–water partition coefficient (Wildman–Crippen LogP) is 3.03. The van der Waals surface area contributed by atoms with Crippen LogP contribution in [-0.2, 0) is 0 Å². The molecule has 1 aromatic rings. The maximum atomic E-state index is 3.07. The maximum absolute atomic E-state index is 3.07. The molecule has 0 aliphatic rings. The topological polar surface area (TPSA) is 12.0 Å². The Morgan fingerprint density at radius 2 is 2.33 bits per heavy atom. The van der Waals surface area contributed by atoms with Gasteiger partial charge in [-0.3, -0.25) is 0 Å². The van der Waals surface area contributed by atoms with Gasteiger partial charge in [0.15, 0.2) is 0 Å². The summed E-state index contributed by atoms with van der Waals surface area (Å²) in [6.07, 6.45) is 3.16. The van der Waals surface area contributed by atoms with Gasteiger partial charge in [-0.15, -0.1) is 11.3 Å². The molecule has 0 aliphatic heterocycles. The minimum Gasteiger partial charge on any atom is -0.394 e. The highest BCUT2D eigenvalue weighted by Gasteiger charge is 2.00. The lowest BCUT2D eigenvalue weighted by atomic mass is 10.2. The lowest BCUT2D eigenvalue weighted by Gasteiger charge is -1.99. The van der Waals surface area contributed by atoms with Crippen LogP contribution in [0, 0.1) is 6.92 Å². The van der Waals surface area contributed by atoms with E-state index in [0.717, 1.165) is 6.42 Å². The Morgan fingerprint density at radius 1 is 1.58 bits per heavy atom. The largest absolute Gasteiger partial charge is 0.394 e. The lowest BCUT2D eigenvalue weighted by molar-refractivity contribution is 1.09. The molecule has 0 aromatic carbocycles.